The van der Waals surface area contributed by atoms with Crippen molar-refractivity contribution in [1.82, 2.24) is 0 Å². The standard InChI is InChI=1S/C26H38O5/c1-4-5-6-10-14-21(28-19-20-12-8-7-9-13-20)22-15-11-16-23-24(17-18-25(27)29-22)31-26(2,3)30-23/h7-9,11-13,16,21-24H,4-6,10,14-15,17-19H2,1-3H3/b16-11-/t21-,22-,23+,24+/m0/s1. The molecule has 0 amide bonds. The van der Waals surface area contributed by atoms with Crippen molar-refractivity contribution in [3.05, 3.63) is 48.0 Å². The molecule has 2 aliphatic rings. The van der Waals surface area contributed by atoms with E-state index >= 15 is 0 Å². The number of hydrogen-bond donors (Lipinski definition) is 0. The molecule has 0 N–H and O–H groups in total. The predicted molar refractivity (Wildman–Crippen MR) is 120 cm³/mol. The molecule has 0 aromatic heterocycles. The van der Waals surface area contributed by atoms with Crippen LogP contribution in [0.2, 0.25) is 0 Å². The first kappa shape index (κ1) is 24.0. The van der Waals surface area contributed by atoms with Crippen LogP contribution in [0.3, 0.4) is 0 Å². The third-order valence-corrected chi connectivity index (χ3v) is 5.90. The van der Waals surface area contributed by atoms with E-state index in [-0.39, 0.29) is 30.4 Å². The Bertz CT molecular complexity index is 699. The molecule has 3 rings (SSSR count). The van der Waals surface area contributed by atoms with E-state index in [0.29, 0.717) is 25.9 Å². The topological polar surface area (TPSA) is 54.0 Å². The van der Waals surface area contributed by atoms with E-state index in [2.05, 4.69) is 31.2 Å². The summed E-state index contributed by atoms with van der Waals surface area (Å²) in [5, 5.41) is 0. The van der Waals surface area contributed by atoms with E-state index in [9.17, 15) is 4.79 Å². The zero-order chi connectivity index (χ0) is 22.1. The summed E-state index contributed by atoms with van der Waals surface area (Å²) in [7, 11) is 0. The smallest absolute Gasteiger partial charge is 0.306 e. The Hall–Kier alpha value is -1.69. The first-order valence-electron chi connectivity index (χ1n) is 11.8. The third kappa shape index (κ3) is 7.74. The second-order valence-electron chi connectivity index (χ2n) is 9.05. The molecule has 4 atom stereocenters. The molecule has 0 spiro atoms. The molecule has 31 heavy (non-hydrogen) atoms. The molecule has 0 bridgehead atoms. The number of fused-ring (bicyclic) bond motifs is 1. The summed E-state index contributed by atoms with van der Waals surface area (Å²) in [5.41, 5.74) is 1.13. The normalized spacial score (nSPS) is 27.8. The van der Waals surface area contributed by atoms with Crippen molar-refractivity contribution < 1.29 is 23.7 Å². The highest BCUT2D eigenvalue weighted by Gasteiger charge is 2.40. The molecule has 5 nitrogen and oxygen atoms in total. The van der Waals surface area contributed by atoms with Gasteiger partial charge in [-0.2, -0.15) is 0 Å². The number of hydrogen-bond acceptors (Lipinski definition) is 5. The van der Waals surface area contributed by atoms with Crippen LogP contribution in [-0.2, 0) is 30.3 Å². The number of esters is 1. The van der Waals surface area contributed by atoms with E-state index in [1.165, 1.54) is 19.3 Å². The average Bonchev–Trinajstić information content (AvgIpc) is 3.05. The van der Waals surface area contributed by atoms with Gasteiger partial charge < -0.3 is 18.9 Å². The van der Waals surface area contributed by atoms with E-state index in [4.69, 9.17) is 18.9 Å². The molecule has 2 heterocycles. The van der Waals surface area contributed by atoms with Crippen molar-refractivity contribution in [2.24, 2.45) is 0 Å². The van der Waals surface area contributed by atoms with Crippen molar-refractivity contribution in [3.63, 3.8) is 0 Å². The monoisotopic (exact) mass is 430 g/mol. The predicted octanol–water partition coefficient (Wildman–Crippen LogP) is 5.71. The summed E-state index contributed by atoms with van der Waals surface area (Å²) in [4.78, 5) is 12.6. The Balaban J connectivity index is 1.68. The van der Waals surface area contributed by atoms with Crippen LogP contribution in [-0.4, -0.2) is 36.2 Å². The van der Waals surface area contributed by atoms with Crippen LogP contribution < -0.4 is 0 Å². The minimum absolute atomic E-state index is 0.116. The van der Waals surface area contributed by atoms with Gasteiger partial charge >= 0.3 is 5.97 Å². The fraction of sp³-hybridized carbons (Fsp3) is 0.654. The van der Waals surface area contributed by atoms with Gasteiger partial charge in [0.1, 0.15) is 12.2 Å². The minimum atomic E-state index is -0.627. The van der Waals surface area contributed by atoms with Gasteiger partial charge in [-0.25, -0.2) is 0 Å². The summed E-state index contributed by atoms with van der Waals surface area (Å²) < 4.78 is 24.2. The fourth-order valence-electron chi connectivity index (χ4n) is 4.29. The number of cyclic esters (lactones) is 1. The first-order chi connectivity index (χ1) is 15.0. The zero-order valence-electron chi connectivity index (χ0n) is 19.3. The summed E-state index contributed by atoms with van der Waals surface area (Å²) in [6, 6.07) is 10.2. The van der Waals surface area contributed by atoms with Crippen LogP contribution in [0.5, 0.6) is 0 Å². The third-order valence-electron chi connectivity index (χ3n) is 5.90. The average molecular weight is 431 g/mol. The molecule has 0 unspecified atom stereocenters. The van der Waals surface area contributed by atoms with Gasteiger partial charge in [-0.1, -0.05) is 75.1 Å². The van der Waals surface area contributed by atoms with Crippen molar-refractivity contribution in [3.8, 4) is 0 Å². The Morgan fingerprint density at radius 1 is 1.13 bits per heavy atom. The number of rotatable bonds is 9. The molecular weight excluding hydrogens is 392 g/mol. The lowest BCUT2D eigenvalue weighted by molar-refractivity contribution is -0.161. The largest absolute Gasteiger partial charge is 0.459 e. The van der Waals surface area contributed by atoms with E-state index in [1.54, 1.807) is 0 Å². The number of ether oxygens (including phenoxy) is 4. The van der Waals surface area contributed by atoms with Crippen LogP contribution in [0, 0.1) is 0 Å². The maximum Gasteiger partial charge on any atom is 0.306 e. The fourth-order valence-corrected chi connectivity index (χ4v) is 4.29. The molecule has 5 heteroatoms. The summed E-state index contributed by atoms with van der Waals surface area (Å²) in [6.07, 6.45) is 10.5. The highest BCUT2D eigenvalue weighted by Crippen LogP contribution is 2.32. The molecule has 1 aromatic rings. The Labute approximate surface area is 187 Å². The van der Waals surface area contributed by atoms with Crippen LogP contribution >= 0.6 is 0 Å². The van der Waals surface area contributed by atoms with E-state index in [1.807, 2.05) is 32.0 Å². The Morgan fingerprint density at radius 3 is 2.71 bits per heavy atom. The number of carbonyl (C=O) groups is 1. The van der Waals surface area contributed by atoms with Gasteiger partial charge in [-0.15, -0.1) is 0 Å². The van der Waals surface area contributed by atoms with Gasteiger partial charge in [0.2, 0.25) is 0 Å². The van der Waals surface area contributed by atoms with Gasteiger partial charge in [0.15, 0.2) is 5.79 Å². The second-order valence-corrected chi connectivity index (χ2v) is 9.05. The van der Waals surface area contributed by atoms with Gasteiger partial charge in [-0.05, 0) is 32.3 Å². The zero-order valence-corrected chi connectivity index (χ0v) is 19.3. The minimum Gasteiger partial charge on any atom is -0.459 e. The number of benzene rings is 1. The molecule has 0 aliphatic carbocycles. The van der Waals surface area contributed by atoms with Crippen LogP contribution in [0.1, 0.15) is 77.7 Å². The van der Waals surface area contributed by atoms with Crippen LogP contribution in [0.4, 0.5) is 0 Å². The van der Waals surface area contributed by atoms with Gasteiger partial charge in [0.25, 0.3) is 0 Å². The number of carbonyl (C=O) groups excluding carboxylic acids is 1. The van der Waals surface area contributed by atoms with Crippen molar-refractivity contribution in [2.45, 2.75) is 109 Å². The molecule has 172 valence electrons. The lowest BCUT2D eigenvalue weighted by Crippen LogP contribution is -2.34. The van der Waals surface area contributed by atoms with Gasteiger partial charge in [-0.3, -0.25) is 4.79 Å². The van der Waals surface area contributed by atoms with Gasteiger partial charge in [0.05, 0.1) is 18.8 Å². The molecule has 1 aromatic carbocycles. The lowest BCUT2D eigenvalue weighted by Gasteiger charge is -2.28. The summed E-state index contributed by atoms with van der Waals surface area (Å²) >= 11 is 0. The maximum atomic E-state index is 12.6. The number of unbranched alkanes of at least 4 members (excludes halogenated alkanes) is 3. The summed E-state index contributed by atoms with van der Waals surface area (Å²) in [5.74, 6) is -0.813. The molecule has 0 radical (unpaired) electrons. The quantitative estimate of drug-likeness (QED) is 0.285. The Kier molecular flexibility index (Phi) is 9.12. The lowest BCUT2D eigenvalue weighted by atomic mass is 10.0. The van der Waals surface area contributed by atoms with Gasteiger partial charge in [0, 0.05) is 12.8 Å². The molecule has 0 saturated carbocycles. The molecule has 1 fully saturated rings. The summed E-state index contributed by atoms with van der Waals surface area (Å²) in [6.45, 7) is 6.56. The highest BCUT2D eigenvalue weighted by molar-refractivity contribution is 5.69. The first-order valence-corrected chi connectivity index (χ1v) is 11.8. The van der Waals surface area contributed by atoms with Crippen molar-refractivity contribution >= 4 is 5.97 Å². The SMILES string of the molecule is CCCCCC[C@H](OCc1ccccc1)[C@@H]1C/C=C\[C@H]2OC(C)(C)O[C@@H]2CCC(=O)O1. The highest BCUT2D eigenvalue weighted by atomic mass is 16.7. The second kappa shape index (κ2) is 11.8. The Morgan fingerprint density at radius 2 is 1.94 bits per heavy atom. The van der Waals surface area contributed by atoms with Crippen LogP contribution in [0.25, 0.3) is 0 Å². The van der Waals surface area contributed by atoms with E-state index in [0.717, 1.165) is 18.4 Å². The molecule has 2 aliphatic heterocycles. The van der Waals surface area contributed by atoms with Crippen molar-refractivity contribution in [2.75, 3.05) is 0 Å². The van der Waals surface area contributed by atoms with Crippen molar-refractivity contribution in [1.29, 1.82) is 0 Å². The maximum absolute atomic E-state index is 12.6. The van der Waals surface area contributed by atoms with Crippen LogP contribution in [0.15, 0.2) is 42.5 Å². The molecular formula is C26H38O5. The van der Waals surface area contributed by atoms with E-state index < -0.39 is 5.79 Å². The molecule has 1 saturated heterocycles.